The van der Waals surface area contributed by atoms with Gasteiger partial charge in [0.25, 0.3) is 5.91 Å². The lowest BCUT2D eigenvalue weighted by atomic mass is 9.83. The molecule has 5 amide bonds. The van der Waals surface area contributed by atoms with Crippen molar-refractivity contribution in [2.45, 2.75) is 128 Å². The molecule has 5 atom stereocenters. The first-order chi connectivity index (χ1) is 29.2. The van der Waals surface area contributed by atoms with E-state index in [1.165, 1.54) is 0 Å². The molecule has 2 aliphatic heterocycles. The van der Waals surface area contributed by atoms with Crippen LogP contribution >= 0.6 is 0 Å². The van der Waals surface area contributed by atoms with Crippen LogP contribution in [0.1, 0.15) is 89.3 Å². The number of esters is 1. The molecule has 0 spiro atoms. The molecule has 0 radical (unpaired) electrons. The number of nitrogens with one attached hydrogen (secondary N) is 5. The zero-order chi connectivity index (χ0) is 43.9. The number of hydrogen-bond acceptors (Lipinski definition) is 10. The maximum absolute atomic E-state index is 14.5. The van der Waals surface area contributed by atoms with Crippen molar-refractivity contribution in [3.05, 3.63) is 95.6 Å². The SMILES string of the molecule is CCCC(NC(=O)[C@@H]1Cc2cccc(c2)Oc2ccc(cc2)C[C@@H](NC(=O)OC(C)(C)C)C(=O)N[C@@H](C2CCCCC2)C(=O)N1)C(O)C(=O)NCC(=O)OCc1ccccc1. The Morgan fingerprint density at radius 3 is 2.26 bits per heavy atom. The van der Waals surface area contributed by atoms with Crippen molar-refractivity contribution in [1.29, 1.82) is 0 Å². The first-order valence-corrected chi connectivity index (χ1v) is 21.1. The van der Waals surface area contributed by atoms with E-state index in [2.05, 4.69) is 26.6 Å². The van der Waals surface area contributed by atoms with Crippen LogP contribution in [-0.4, -0.2) is 83.2 Å². The van der Waals surface area contributed by atoms with Crippen molar-refractivity contribution >= 4 is 35.7 Å². The third kappa shape index (κ3) is 14.6. The van der Waals surface area contributed by atoms with E-state index in [0.29, 0.717) is 36.3 Å². The van der Waals surface area contributed by atoms with Crippen molar-refractivity contribution in [2.24, 2.45) is 5.92 Å². The average Bonchev–Trinajstić information content (AvgIpc) is 3.23. The summed E-state index contributed by atoms with van der Waals surface area (Å²) >= 11 is 0. The molecule has 3 aromatic rings. The molecule has 0 saturated heterocycles. The highest BCUT2D eigenvalue weighted by Crippen LogP contribution is 2.28. The number of aliphatic hydroxyl groups is 1. The molecule has 2 unspecified atom stereocenters. The molecule has 1 saturated carbocycles. The molecular formula is C46H59N5O10. The first kappa shape index (κ1) is 46.1. The molecule has 1 fully saturated rings. The van der Waals surface area contributed by atoms with E-state index in [4.69, 9.17) is 14.2 Å². The minimum Gasteiger partial charge on any atom is -0.460 e. The van der Waals surface area contributed by atoms with Gasteiger partial charge in [-0.2, -0.15) is 0 Å². The summed E-state index contributed by atoms with van der Waals surface area (Å²) in [5.74, 6) is -2.77. The Labute approximate surface area is 357 Å². The number of benzene rings is 3. The second-order valence-corrected chi connectivity index (χ2v) is 16.7. The van der Waals surface area contributed by atoms with Gasteiger partial charge >= 0.3 is 12.1 Å². The molecule has 6 rings (SSSR count). The fourth-order valence-electron chi connectivity index (χ4n) is 7.42. The van der Waals surface area contributed by atoms with Crippen LogP contribution in [0, 0.1) is 5.92 Å². The minimum absolute atomic E-state index is 0.0106. The van der Waals surface area contributed by atoms with Gasteiger partial charge in [-0.25, -0.2) is 4.79 Å². The Hall–Kier alpha value is -5.96. The number of fused-ring (bicyclic) bond motifs is 10. The van der Waals surface area contributed by atoms with Gasteiger partial charge in [0.15, 0.2) is 6.10 Å². The van der Waals surface area contributed by atoms with Crippen LogP contribution in [0.2, 0.25) is 0 Å². The predicted molar refractivity (Wildman–Crippen MR) is 226 cm³/mol. The van der Waals surface area contributed by atoms with Crippen LogP contribution in [0.25, 0.3) is 0 Å². The van der Waals surface area contributed by atoms with E-state index in [-0.39, 0.29) is 31.8 Å². The summed E-state index contributed by atoms with van der Waals surface area (Å²) in [6.07, 6.45) is 2.15. The van der Waals surface area contributed by atoms with E-state index in [1.807, 2.05) is 13.0 Å². The standard InChI is InChI=1S/C46H59N5O10/c1-5-13-35(40(53)44(57)47-27-38(52)59-28-30-14-8-6-9-15-30)48-41(54)36-26-31-16-12-19-34(24-31)60-33-22-20-29(21-23-33)25-37(50-45(58)61-46(2,3)4)42(55)51-39(43(56)49-36)32-17-10-7-11-18-32/h6,8-9,12,14-16,19-24,32,35-37,39-40,53H,5,7,10-11,13,17-18,25-28H2,1-4H3,(H,47,57)(H,48,54)(H,49,56)(H,50,58)(H,51,55)/t35?,36-,37+,39-,40?/m0/s1. The molecule has 6 N–H and O–H groups in total. The van der Waals surface area contributed by atoms with E-state index in [1.54, 1.807) is 93.6 Å². The Bertz CT molecular complexity index is 1960. The molecule has 15 nitrogen and oxygen atoms in total. The molecular weight excluding hydrogens is 783 g/mol. The van der Waals surface area contributed by atoms with Crippen molar-refractivity contribution in [1.82, 2.24) is 26.6 Å². The first-order valence-electron chi connectivity index (χ1n) is 21.1. The third-order valence-corrected chi connectivity index (χ3v) is 10.5. The Balaban J connectivity index is 1.39. The van der Waals surface area contributed by atoms with Gasteiger partial charge in [-0.15, -0.1) is 0 Å². The fraction of sp³-hybridized carbons (Fsp3) is 0.478. The molecule has 61 heavy (non-hydrogen) atoms. The van der Waals surface area contributed by atoms with Crippen LogP contribution < -0.4 is 31.3 Å². The topological polar surface area (TPSA) is 210 Å². The summed E-state index contributed by atoms with van der Waals surface area (Å²) in [6.45, 7) is 6.47. The zero-order valence-corrected chi connectivity index (χ0v) is 35.4. The van der Waals surface area contributed by atoms with Gasteiger partial charge in [0.2, 0.25) is 17.7 Å². The summed E-state index contributed by atoms with van der Waals surface area (Å²) in [7, 11) is 0. The normalized spacial score (nSPS) is 19.7. The van der Waals surface area contributed by atoms with Crippen LogP contribution in [-0.2, 0) is 52.9 Å². The van der Waals surface area contributed by atoms with Crippen molar-refractivity contribution in [2.75, 3.05) is 6.54 Å². The van der Waals surface area contributed by atoms with Gasteiger partial charge in [0.1, 0.15) is 48.4 Å². The second-order valence-electron chi connectivity index (χ2n) is 16.7. The van der Waals surface area contributed by atoms with Gasteiger partial charge in [-0.3, -0.25) is 24.0 Å². The maximum Gasteiger partial charge on any atom is 0.408 e. The average molecular weight is 842 g/mol. The van der Waals surface area contributed by atoms with Crippen molar-refractivity contribution in [3.63, 3.8) is 0 Å². The van der Waals surface area contributed by atoms with Crippen LogP contribution in [0.4, 0.5) is 4.79 Å². The molecule has 15 heteroatoms. The zero-order valence-electron chi connectivity index (χ0n) is 35.4. The lowest BCUT2D eigenvalue weighted by Crippen LogP contribution is -2.61. The van der Waals surface area contributed by atoms with Crippen molar-refractivity contribution < 1.29 is 48.1 Å². The highest BCUT2D eigenvalue weighted by molar-refractivity contribution is 5.94. The summed E-state index contributed by atoms with van der Waals surface area (Å²) in [4.78, 5) is 81.6. The smallest absolute Gasteiger partial charge is 0.408 e. The quantitative estimate of drug-likeness (QED) is 0.140. The van der Waals surface area contributed by atoms with Gasteiger partial charge in [-0.05, 0) is 86.9 Å². The Morgan fingerprint density at radius 2 is 1.57 bits per heavy atom. The monoisotopic (exact) mass is 841 g/mol. The number of carbonyl (C=O) groups excluding carboxylic acids is 6. The van der Waals surface area contributed by atoms with Gasteiger partial charge < -0.3 is 45.9 Å². The molecule has 0 aromatic heterocycles. The Morgan fingerprint density at radius 1 is 0.852 bits per heavy atom. The number of hydrogen-bond donors (Lipinski definition) is 6. The second kappa shape index (κ2) is 22.0. The lowest BCUT2D eigenvalue weighted by Gasteiger charge is -2.33. The highest BCUT2D eigenvalue weighted by atomic mass is 16.6. The van der Waals surface area contributed by atoms with Crippen LogP contribution in [0.5, 0.6) is 11.5 Å². The van der Waals surface area contributed by atoms with Gasteiger partial charge in [0, 0.05) is 12.8 Å². The fourth-order valence-corrected chi connectivity index (χ4v) is 7.42. The maximum atomic E-state index is 14.5. The molecule has 2 heterocycles. The molecule has 3 aliphatic rings. The molecule has 1 aliphatic carbocycles. The molecule has 328 valence electrons. The predicted octanol–water partition coefficient (Wildman–Crippen LogP) is 4.53. The molecule has 3 aromatic carbocycles. The summed E-state index contributed by atoms with van der Waals surface area (Å²) < 4.78 is 16.9. The van der Waals surface area contributed by atoms with Crippen LogP contribution in [0.3, 0.4) is 0 Å². The number of carbonyl (C=O) groups is 6. The third-order valence-electron chi connectivity index (χ3n) is 10.5. The highest BCUT2D eigenvalue weighted by Gasteiger charge is 2.37. The van der Waals surface area contributed by atoms with E-state index in [9.17, 15) is 33.9 Å². The van der Waals surface area contributed by atoms with Gasteiger partial charge in [0.05, 0.1) is 6.04 Å². The largest absolute Gasteiger partial charge is 0.460 e. The number of alkyl carbamates (subject to hydrolysis) is 1. The van der Waals surface area contributed by atoms with E-state index in [0.717, 1.165) is 30.4 Å². The number of amides is 5. The molecule has 4 bridgehead atoms. The summed E-state index contributed by atoms with van der Waals surface area (Å²) in [5.41, 5.74) is 1.29. The summed E-state index contributed by atoms with van der Waals surface area (Å²) in [6, 6.07) is 18.6. The Kier molecular flexibility index (Phi) is 16.7. The number of aliphatic hydroxyl groups excluding tert-OH is 1. The minimum atomic E-state index is -1.75. The van der Waals surface area contributed by atoms with Crippen molar-refractivity contribution in [3.8, 4) is 11.5 Å². The van der Waals surface area contributed by atoms with E-state index < -0.39 is 78.1 Å². The van der Waals surface area contributed by atoms with Gasteiger partial charge in [-0.1, -0.05) is 87.2 Å². The van der Waals surface area contributed by atoms with E-state index >= 15 is 0 Å². The number of ether oxygens (including phenoxy) is 3. The number of rotatable bonds is 12. The van der Waals surface area contributed by atoms with Crippen LogP contribution in [0.15, 0.2) is 78.9 Å². The lowest BCUT2D eigenvalue weighted by molar-refractivity contribution is -0.146. The summed E-state index contributed by atoms with van der Waals surface area (Å²) in [5, 5.41) is 24.9.